The highest BCUT2D eigenvalue weighted by Gasteiger charge is 2.12. The molecular formula is C18H14N4O3S. The molecular weight excluding hydrogens is 352 g/mol. The Hall–Kier alpha value is -3.26. The Labute approximate surface area is 152 Å². The van der Waals surface area contributed by atoms with Crippen LogP contribution in [0.15, 0.2) is 64.1 Å². The number of thiophene rings is 1. The van der Waals surface area contributed by atoms with Crippen molar-refractivity contribution in [1.82, 2.24) is 19.9 Å². The maximum absolute atomic E-state index is 12.2. The quantitative estimate of drug-likeness (QED) is 0.486. The third-order valence-electron chi connectivity index (χ3n) is 3.66. The van der Waals surface area contributed by atoms with Crippen LogP contribution in [0.3, 0.4) is 0 Å². The number of aromatic nitrogens is 4. The number of hydrogen-bond donors (Lipinski definition) is 0. The average Bonchev–Trinajstić information content (AvgIpc) is 3.41. The lowest BCUT2D eigenvalue weighted by Gasteiger charge is -2.05. The number of nitrogens with zero attached hydrogens (tertiary/aromatic N) is 4. The smallest absolute Gasteiger partial charge is 0.338 e. The van der Waals surface area contributed by atoms with Gasteiger partial charge in [-0.1, -0.05) is 17.3 Å². The molecule has 0 spiro atoms. The van der Waals surface area contributed by atoms with Crippen molar-refractivity contribution in [1.29, 1.82) is 0 Å². The topological polar surface area (TPSA) is 83.0 Å². The first-order valence-corrected chi connectivity index (χ1v) is 8.81. The number of esters is 1. The molecule has 7 nitrogen and oxygen atoms in total. The van der Waals surface area contributed by atoms with Gasteiger partial charge >= 0.3 is 5.97 Å². The number of hydrogen-bond acceptors (Lipinski definition) is 7. The summed E-state index contributed by atoms with van der Waals surface area (Å²) in [5, 5.41) is 11.8. The molecule has 0 fully saturated rings. The van der Waals surface area contributed by atoms with Crippen molar-refractivity contribution in [2.45, 2.75) is 13.2 Å². The first-order valence-electron chi connectivity index (χ1n) is 7.86. The number of carbonyl (C=O) groups is 1. The molecule has 0 amide bonds. The molecule has 0 N–H and O–H groups in total. The van der Waals surface area contributed by atoms with E-state index in [1.807, 2.05) is 45.9 Å². The minimum atomic E-state index is -0.433. The Kier molecular flexibility index (Phi) is 4.57. The summed E-state index contributed by atoms with van der Waals surface area (Å²) in [6.07, 6.45) is 3.62. The monoisotopic (exact) mass is 366 g/mol. The molecule has 4 rings (SSSR count). The molecule has 0 aliphatic carbocycles. The molecule has 4 aromatic rings. The van der Waals surface area contributed by atoms with Crippen molar-refractivity contribution < 1.29 is 14.1 Å². The van der Waals surface area contributed by atoms with Crippen LogP contribution in [0, 0.1) is 0 Å². The summed E-state index contributed by atoms with van der Waals surface area (Å²) in [6.45, 7) is 0.609. The van der Waals surface area contributed by atoms with Crippen molar-refractivity contribution in [3.63, 3.8) is 0 Å². The molecule has 0 aliphatic rings. The average molecular weight is 366 g/mol. The lowest BCUT2D eigenvalue weighted by Crippen LogP contribution is -2.07. The van der Waals surface area contributed by atoms with Crippen LogP contribution in [0.1, 0.15) is 21.7 Å². The predicted octanol–water partition coefficient (Wildman–Crippen LogP) is 3.40. The summed E-state index contributed by atoms with van der Waals surface area (Å²) in [5.74, 6) is 0.313. The van der Waals surface area contributed by atoms with Gasteiger partial charge in [-0.25, -0.2) is 4.79 Å². The second-order valence-corrected chi connectivity index (χ2v) is 6.28. The van der Waals surface area contributed by atoms with E-state index >= 15 is 0 Å². The van der Waals surface area contributed by atoms with Gasteiger partial charge in [0.1, 0.15) is 0 Å². The van der Waals surface area contributed by atoms with E-state index in [0.29, 0.717) is 23.8 Å². The van der Waals surface area contributed by atoms with E-state index in [2.05, 4.69) is 15.2 Å². The number of ether oxygens (including phenoxy) is 1. The highest BCUT2D eigenvalue weighted by Crippen LogP contribution is 2.20. The van der Waals surface area contributed by atoms with Crippen molar-refractivity contribution >= 4 is 17.3 Å². The van der Waals surface area contributed by atoms with Crippen LogP contribution in [0.4, 0.5) is 0 Å². The molecule has 0 saturated heterocycles. The van der Waals surface area contributed by atoms with Gasteiger partial charge in [0.25, 0.3) is 5.89 Å². The van der Waals surface area contributed by atoms with Crippen LogP contribution in [0.5, 0.6) is 0 Å². The summed E-state index contributed by atoms with van der Waals surface area (Å²) in [6, 6.07) is 11.0. The molecule has 3 aromatic heterocycles. The largest absolute Gasteiger partial charge is 0.454 e. The molecule has 3 heterocycles. The zero-order chi connectivity index (χ0) is 17.8. The molecule has 8 heteroatoms. The maximum Gasteiger partial charge on any atom is 0.338 e. The van der Waals surface area contributed by atoms with E-state index in [-0.39, 0.29) is 6.61 Å². The van der Waals surface area contributed by atoms with Gasteiger partial charge in [0.2, 0.25) is 5.82 Å². The molecule has 0 radical (unpaired) electrons. The Morgan fingerprint density at radius 1 is 1.23 bits per heavy atom. The van der Waals surface area contributed by atoms with Gasteiger partial charge in [-0.05, 0) is 35.2 Å². The van der Waals surface area contributed by atoms with Gasteiger partial charge in [0, 0.05) is 17.8 Å². The summed E-state index contributed by atoms with van der Waals surface area (Å²) < 4.78 is 12.2. The van der Waals surface area contributed by atoms with Gasteiger partial charge in [0.05, 0.1) is 17.7 Å². The van der Waals surface area contributed by atoms with Crippen molar-refractivity contribution in [2.24, 2.45) is 0 Å². The van der Waals surface area contributed by atoms with Gasteiger partial charge in [-0.15, -0.1) is 0 Å². The highest BCUT2D eigenvalue weighted by molar-refractivity contribution is 7.08. The van der Waals surface area contributed by atoms with Crippen LogP contribution in [-0.2, 0) is 17.9 Å². The van der Waals surface area contributed by atoms with Crippen LogP contribution < -0.4 is 0 Å². The zero-order valence-corrected chi connectivity index (χ0v) is 14.4. The fraction of sp³-hybridized carbons (Fsp3) is 0.111. The SMILES string of the molecule is O=C(OCc1noc(-c2ccsc2)n1)c1ccc(Cn2cccn2)cc1. The second-order valence-electron chi connectivity index (χ2n) is 5.50. The lowest BCUT2D eigenvalue weighted by atomic mass is 10.1. The first kappa shape index (κ1) is 16.2. The van der Waals surface area contributed by atoms with E-state index in [1.165, 1.54) is 0 Å². The third-order valence-corrected chi connectivity index (χ3v) is 4.35. The minimum absolute atomic E-state index is 0.0402. The first-order chi connectivity index (χ1) is 12.8. The van der Waals surface area contributed by atoms with Crippen LogP contribution in [-0.4, -0.2) is 25.9 Å². The van der Waals surface area contributed by atoms with E-state index < -0.39 is 5.97 Å². The zero-order valence-electron chi connectivity index (χ0n) is 13.6. The lowest BCUT2D eigenvalue weighted by molar-refractivity contribution is 0.0459. The molecule has 0 atom stereocenters. The molecule has 0 saturated carbocycles. The minimum Gasteiger partial charge on any atom is -0.454 e. The molecule has 26 heavy (non-hydrogen) atoms. The summed E-state index contributed by atoms with van der Waals surface area (Å²) in [5.41, 5.74) is 2.37. The van der Waals surface area contributed by atoms with E-state index in [0.717, 1.165) is 11.1 Å². The fourth-order valence-electron chi connectivity index (χ4n) is 2.36. The van der Waals surface area contributed by atoms with E-state index in [4.69, 9.17) is 9.26 Å². The fourth-order valence-corrected chi connectivity index (χ4v) is 2.99. The van der Waals surface area contributed by atoms with E-state index in [9.17, 15) is 4.79 Å². The van der Waals surface area contributed by atoms with E-state index in [1.54, 1.807) is 29.7 Å². The normalized spacial score (nSPS) is 10.8. The number of carbonyl (C=O) groups excluding carboxylic acids is 1. The van der Waals surface area contributed by atoms with Gasteiger partial charge in [-0.3, -0.25) is 4.68 Å². The van der Waals surface area contributed by atoms with Gasteiger partial charge in [-0.2, -0.15) is 21.4 Å². The second kappa shape index (κ2) is 7.32. The molecule has 130 valence electrons. The van der Waals surface area contributed by atoms with Gasteiger partial charge in [0.15, 0.2) is 6.61 Å². The highest BCUT2D eigenvalue weighted by atomic mass is 32.1. The Morgan fingerprint density at radius 3 is 2.85 bits per heavy atom. The standard InChI is InChI=1S/C18H14N4O3S/c23-18(14-4-2-13(3-5-14)10-22-8-1-7-19-22)24-11-16-20-17(25-21-16)15-6-9-26-12-15/h1-9,12H,10-11H2. The summed E-state index contributed by atoms with van der Waals surface area (Å²) in [4.78, 5) is 16.4. The Balaban J connectivity index is 1.34. The number of rotatable bonds is 6. The van der Waals surface area contributed by atoms with Crippen molar-refractivity contribution in [2.75, 3.05) is 0 Å². The van der Waals surface area contributed by atoms with Crippen molar-refractivity contribution in [3.05, 3.63) is 76.5 Å². The molecule has 0 bridgehead atoms. The third kappa shape index (κ3) is 3.70. The molecule has 0 unspecified atom stereocenters. The summed E-state index contributed by atoms with van der Waals surface area (Å²) in [7, 11) is 0. The van der Waals surface area contributed by atoms with Crippen LogP contribution in [0.25, 0.3) is 11.5 Å². The number of benzene rings is 1. The maximum atomic E-state index is 12.2. The molecule has 0 aliphatic heterocycles. The van der Waals surface area contributed by atoms with Gasteiger partial charge < -0.3 is 9.26 Å². The predicted molar refractivity (Wildman–Crippen MR) is 94.5 cm³/mol. The Bertz CT molecular complexity index is 976. The molecule has 1 aromatic carbocycles. The Morgan fingerprint density at radius 2 is 2.12 bits per heavy atom. The van der Waals surface area contributed by atoms with Crippen LogP contribution in [0.2, 0.25) is 0 Å². The van der Waals surface area contributed by atoms with Crippen molar-refractivity contribution in [3.8, 4) is 11.5 Å². The summed E-state index contributed by atoms with van der Waals surface area (Å²) >= 11 is 1.54. The van der Waals surface area contributed by atoms with Crippen LogP contribution >= 0.6 is 11.3 Å².